The molecule has 0 atom stereocenters. The van der Waals surface area contributed by atoms with E-state index in [0.717, 1.165) is 11.3 Å². The van der Waals surface area contributed by atoms with Gasteiger partial charge in [-0.3, -0.25) is 9.59 Å². The highest BCUT2D eigenvalue weighted by atomic mass is 16.2. The summed E-state index contributed by atoms with van der Waals surface area (Å²) in [6.45, 7) is 0. The number of aromatic nitrogens is 2. The first-order valence-corrected chi connectivity index (χ1v) is 7.23. The second-order valence-corrected chi connectivity index (χ2v) is 5.41. The van der Waals surface area contributed by atoms with Gasteiger partial charge in [-0.05, 0) is 24.3 Å². The molecule has 0 aliphatic carbocycles. The lowest BCUT2D eigenvalue weighted by molar-refractivity contribution is -0.112. The minimum absolute atomic E-state index is 0.109. The molecule has 5 heteroatoms. The van der Waals surface area contributed by atoms with Crippen molar-refractivity contribution < 1.29 is 4.79 Å². The smallest absolute Gasteiger partial charge is 0.259 e. The molecule has 0 spiro atoms. The predicted molar refractivity (Wildman–Crippen MR) is 90.1 cm³/mol. The maximum atomic E-state index is 12.5. The molecule has 23 heavy (non-hydrogen) atoms. The molecule has 1 aliphatic rings. The van der Waals surface area contributed by atoms with Crippen molar-refractivity contribution in [2.75, 3.05) is 11.9 Å². The summed E-state index contributed by atoms with van der Waals surface area (Å²) in [7, 11) is 1.73. The fraction of sp³-hybridized carbons (Fsp3) is 0.0556. The van der Waals surface area contributed by atoms with Gasteiger partial charge in [-0.25, -0.2) is 4.98 Å². The number of para-hydroxylation sites is 2. The first kappa shape index (κ1) is 13.5. The third-order valence-corrected chi connectivity index (χ3v) is 4.00. The van der Waals surface area contributed by atoms with Gasteiger partial charge >= 0.3 is 0 Å². The van der Waals surface area contributed by atoms with Gasteiger partial charge in [-0.1, -0.05) is 30.3 Å². The Morgan fingerprint density at radius 2 is 1.78 bits per heavy atom. The van der Waals surface area contributed by atoms with Gasteiger partial charge in [-0.2, -0.15) is 0 Å². The number of hydrogen-bond acceptors (Lipinski definition) is 3. The number of likely N-dealkylation sites (N-methyl/N-ethyl adjacent to an activating group) is 1. The summed E-state index contributed by atoms with van der Waals surface area (Å²) in [6, 6.07) is 14.7. The third kappa shape index (κ3) is 2.05. The number of nitrogens with one attached hydrogen (secondary N) is 1. The van der Waals surface area contributed by atoms with Crippen molar-refractivity contribution in [2.24, 2.45) is 0 Å². The summed E-state index contributed by atoms with van der Waals surface area (Å²) in [5.41, 5.74) is 2.62. The summed E-state index contributed by atoms with van der Waals surface area (Å²) >= 11 is 0. The van der Waals surface area contributed by atoms with Crippen molar-refractivity contribution in [1.82, 2.24) is 9.97 Å². The Morgan fingerprint density at radius 3 is 2.65 bits per heavy atom. The zero-order valence-corrected chi connectivity index (χ0v) is 12.4. The van der Waals surface area contributed by atoms with Crippen LogP contribution >= 0.6 is 0 Å². The maximum absolute atomic E-state index is 12.5. The monoisotopic (exact) mass is 303 g/mol. The van der Waals surface area contributed by atoms with E-state index in [0.29, 0.717) is 22.3 Å². The van der Waals surface area contributed by atoms with Crippen LogP contribution in [-0.2, 0) is 4.79 Å². The number of carbonyl (C=O) groups excluding carboxylic acids is 1. The molecule has 2 heterocycles. The van der Waals surface area contributed by atoms with Crippen molar-refractivity contribution in [3.63, 3.8) is 0 Å². The van der Waals surface area contributed by atoms with E-state index in [9.17, 15) is 9.59 Å². The molecule has 5 nitrogen and oxygen atoms in total. The average Bonchev–Trinajstić information content (AvgIpc) is 2.80. The fourth-order valence-corrected chi connectivity index (χ4v) is 2.85. The normalized spacial score (nSPS) is 15.4. The molecular weight excluding hydrogens is 290 g/mol. The lowest BCUT2D eigenvalue weighted by Gasteiger charge is -2.07. The highest BCUT2D eigenvalue weighted by Gasteiger charge is 2.29. The van der Waals surface area contributed by atoms with E-state index >= 15 is 0 Å². The van der Waals surface area contributed by atoms with Crippen molar-refractivity contribution >= 4 is 34.1 Å². The van der Waals surface area contributed by atoms with Crippen LogP contribution < -0.4 is 10.5 Å². The number of carbonyl (C=O) groups is 1. The quantitative estimate of drug-likeness (QED) is 0.702. The van der Waals surface area contributed by atoms with E-state index < -0.39 is 0 Å². The Balaban J connectivity index is 1.91. The SMILES string of the molecule is CN1C(=O)C(=Cc2nc3ccccc3c(=O)[nH]2)c2ccccc21. The number of aromatic amines is 1. The summed E-state index contributed by atoms with van der Waals surface area (Å²) < 4.78 is 0. The molecule has 2 aromatic carbocycles. The highest BCUT2D eigenvalue weighted by molar-refractivity contribution is 6.35. The largest absolute Gasteiger partial charge is 0.311 e. The number of nitrogens with zero attached hydrogens (tertiary/aromatic N) is 2. The number of hydrogen-bond donors (Lipinski definition) is 1. The maximum Gasteiger partial charge on any atom is 0.259 e. The van der Waals surface area contributed by atoms with Gasteiger partial charge in [0.1, 0.15) is 5.82 Å². The molecule has 0 fully saturated rings. The highest BCUT2D eigenvalue weighted by Crippen LogP contribution is 2.36. The van der Waals surface area contributed by atoms with Crippen molar-refractivity contribution in [1.29, 1.82) is 0 Å². The molecule has 1 aliphatic heterocycles. The fourth-order valence-electron chi connectivity index (χ4n) is 2.85. The molecule has 0 saturated carbocycles. The molecule has 1 aromatic heterocycles. The van der Waals surface area contributed by atoms with Crippen LogP contribution in [-0.4, -0.2) is 22.9 Å². The lowest BCUT2D eigenvalue weighted by atomic mass is 10.1. The summed E-state index contributed by atoms with van der Waals surface area (Å²) in [5, 5.41) is 0.532. The zero-order chi connectivity index (χ0) is 16.0. The Hall–Kier alpha value is -3.21. The topological polar surface area (TPSA) is 66.1 Å². The standard InChI is InChI=1S/C18H13N3O2/c1-21-15-9-5-3-6-11(15)13(18(21)23)10-16-19-14-8-4-2-7-12(14)17(22)20-16/h2-10H,1H3,(H,19,20,22). The van der Waals surface area contributed by atoms with Gasteiger partial charge in [-0.15, -0.1) is 0 Å². The van der Waals surface area contributed by atoms with E-state index in [-0.39, 0.29) is 11.5 Å². The minimum atomic E-state index is -0.213. The van der Waals surface area contributed by atoms with Crippen molar-refractivity contribution in [3.05, 3.63) is 70.3 Å². The Morgan fingerprint density at radius 1 is 1.04 bits per heavy atom. The van der Waals surface area contributed by atoms with E-state index in [1.165, 1.54) is 0 Å². The van der Waals surface area contributed by atoms with Crippen molar-refractivity contribution in [3.8, 4) is 0 Å². The number of amides is 1. The number of anilines is 1. The van der Waals surface area contributed by atoms with Crippen LogP contribution in [0.4, 0.5) is 5.69 Å². The lowest BCUT2D eigenvalue weighted by Crippen LogP contribution is -2.20. The van der Waals surface area contributed by atoms with Gasteiger partial charge in [0.2, 0.25) is 0 Å². The van der Waals surface area contributed by atoms with Gasteiger partial charge < -0.3 is 9.88 Å². The number of H-pyrrole nitrogens is 1. The number of benzene rings is 2. The number of fused-ring (bicyclic) bond motifs is 2. The third-order valence-electron chi connectivity index (χ3n) is 4.00. The Labute approximate surface area is 131 Å². The second kappa shape index (κ2) is 4.91. The van der Waals surface area contributed by atoms with Crippen LogP contribution in [0.5, 0.6) is 0 Å². The molecular formula is C18H13N3O2. The summed E-state index contributed by atoms with van der Waals surface area (Å²) in [5.74, 6) is 0.268. The molecule has 0 saturated heterocycles. The Bertz CT molecular complexity index is 1030. The van der Waals surface area contributed by atoms with Crippen molar-refractivity contribution in [2.45, 2.75) is 0 Å². The summed E-state index contributed by atoms with van der Waals surface area (Å²) in [4.78, 5) is 33.4. The molecule has 4 rings (SSSR count). The first-order chi connectivity index (χ1) is 11.1. The van der Waals surface area contributed by atoms with Crippen LogP contribution in [0.15, 0.2) is 53.3 Å². The Kier molecular flexibility index (Phi) is 2.87. The number of rotatable bonds is 1. The minimum Gasteiger partial charge on any atom is -0.311 e. The predicted octanol–water partition coefficient (Wildman–Crippen LogP) is 2.44. The van der Waals surface area contributed by atoms with E-state index in [4.69, 9.17) is 0 Å². The van der Waals surface area contributed by atoms with Gasteiger partial charge in [0.25, 0.3) is 11.5 Å². The van der Waals surface area contributed by atoms with Gasteiger partial charge in [0.05, 0.1) is 22.2 Å². The summed E-state index contributed by atoms with van der Waals surface area (Å²) in [6.07, 6.45) is 1.64. The van der Waals surface area contributed by atoms with E-state index in [2.05, 4.69) is 9.97 Å². The van der Waals surface area contributed by atoms with Crippen LogP contribution in [0, 0.1) is 0 Å². The zero-order valence-electron chi connectivity index (χ0n) is 12.4. The molecule has 0 unspecified atom stereocenters. The van der Waals surface area contributed by atoms with E-state index in [1.54, 1.807) is 36.2 Å². The second-order valence-electron chi connectivity index (χ2n) is 5.41. The molecule has 3 aromatic rings. The molecule has 1 N–H and O–H groups in total. The molecule has 1 amide bonds. The first-order valence-electron chi connectivity index (χ1n) is 7.23. The van der Waals surface area contributed by atoms with Crippen LogP contribution in [0.2, 0.25) is 0 Å². The van der Waals surface area contributed by atoms with Crippen LogP contribution in [0.1, 0.15) is 11.4 Å². The average molecular weight is 303 g/mol. The molecule has 112 valence electrons. The van der Waals surface area contributed by atoms with Crippen LogP contribution in [0.25, 0.3) is 22.6 Å². The van der Waals surface area contributed by atoms with Gasteiger partial charge in [0.15, 0.2) is 0 Å². The molecule has 0 radical (unpaired) electrons. The molecule has 0 bridgehead atoms. The van der Waals surface area contributed by atoms with Gasteiger partial charge in [0, 0.05) is 12.6 Å². The van der Waals surface area contributed by atoms with Crippen LogP contribution in [0.3, 0.4) is 0 Å². The van der Waals surface area contributed by atoms with E-state index in [1.807, 2.05) is 30.3 Å².